The maximum absolute atomic E-state index is 12.2. The quantitative estimate of drug-likeness (QED) is 0.715. The normalized spacial score (nSPS) is 10.7. The molecule has 2 heterocycles. The molecule has 1 aromatic carbocycles. The van der Waals surface area contributed by atoms with Gasteiger partial charge >= 0.3 is 0 Å². The average Bonchev–Trinajstić information content (AvgIpc) is 2.90. The van der Waals surface area contributed by atoms with Crippen molar-refractivity contribution in [2.24, 2.45) is 0 Å². The first-order valence-electron chi connectivity index (χ1n) is 6.50. The standard InChI is InChI=1S/C15H13N5O/c1-10-4-3-5-13(11(10)2)20-14-12(8-18-20)15(21)19(7-6-16)9-17-14/h3-5,8-9H,7H2,1-2H3. The van der Waals surface area contributed by atoms with Crippen molar-refractivity contribution in [1.29, 1.82) is 5.26 Å². The van der Waals surface area contributed by atoms with Crippen LogP contribution in [0, 0.1) is 25.2 Å². The van der Waals surface area contributed by atoms with Crippen molar-refractivity contribution < 1.29 is 0 Å². The highest BCUT2D eigenvalue weighted by Gasteiger charge is 2.13. The molecule has 0 fully saturated rings. The van der Waals surface area contributed by atoms with Crippen LogP contribution in [0.2, 0.25) is 0 Å². The van der Waals surface area contributed by atoms with Gasteiger partial charge in [0.05, 0.1) is 18.0 Å². The molecule has 2 aromatic heterocycles. The Morgan fingerprint density at radius 2 is 2.14 bits per heavy atom. The molecule has 0 unspecified atom stereocenters. The molecule has 3 rings (SSSR count). The third-order valence-electron chi connectivity index (χ3n) is 3.60. The first-order valence-corrected chi connectivity index (χ1v) is 6.50. The molecular weight excluding hydrogens is 266 g/mol. The Kier molecular flexibility index (Phi) is 3.03. The van der Waals surface area contributed by atoms with Gasteiger partial charge in [-0.05, 0) is 31.0 Å². The number of aryl methyl sites for hydroxylation is 1. The van der Waals surface area contributed by atoms with E-state index in [4.69, 9.17) is 5.26 Å². The molecule has 0 radical (unpaired) electrons. The van der Waals surface area contributed by atoms with E-state index >= 15 is 0 Å². The van der Waals surface area contributed by atoms with Crippen LogP contribution in [-0.2, 0) is 6.54 Å². The predicted molar refractivity (Wildman–Crippen MR) is 78.2 cm³/mol. The molecule has 0 spiro atoms. The van der Waals surface area contributed by atoms with Crippen molar-refractivity contribution >= 4 is 11.0 Å². The fourth-order valence-electron chi connectivity index (χ4n) is 2.28. The van der Waals surface area contributed by atoms with Gasteiger partial charge in [0.1, 0.15) is 18.3 Å². The van der Waals surface area contributed by atoms with E-state index in [0.29, 0.717) is 11.0 Å². The molecule has 0 saturated carbocycles. The fourth-order valence-corrected chi connectivity index (χ4v) is 2.28. The van der Waals surface area contributed by atoms with Gasteiger partial charge in [0.25, 0.3) is 5.56 Å². The maximum Gasteiger partial charge on any atom is 0.265 e. The highest BCUT2D eigenvalue weighted by molar-refractivity contribution is 5.75. The Morgan fingerprint density at radius 1 is 1.33 bits per heavy atom. The SMILES string of the molecule is Cc1cccc(-n2ncc3c(=O)n(CC#N)cnc32)c1C. The minimum atomic E-state index is -0.252. The summed E-state index contributed by atoms with van der Waals surface area (Å²) >= 11 is 0. The molecule has 21 heavy (non-hydrogen) atoms. The second-order valence-corrected chi connectivity index (χ2v) is 4.85. The molecule has 6 heteroatoms. The minimum Gasteiger partial charge on any atom is -0.285 e. The maximum atomic E-state index is 12.2. The second kappa shape index (κ2) is 4.87. The average molecular weight is 279 g/mol. The summed E-state index contributed by atoms with van der Waals surface area (Å²) in [7, 11) is 0. The summed E-state index contributed by atoms with van der Waals surface area (Å²) < 4.78 is 2.94. The van der Waals surface area contributed by atoms with Gasteiger partial charge in [0, 0.05) is 0 Å². The molecule has 0 bridgehead atoms. The van der Waals surface area contributed by atoms with E-state index in [1.54, 1.807) is 4.68 Å². The van der Waals surface area contributed by atoms with Crippen LogP contribution in [0.15, 0.2) is 35.5 Å². The zero-order valence-corrected chi connectivity index (χ0v) is 11.7. The third-order valence-corrected chi connectivity index (χ3v) is 3.60. The Morgan fingerprint density at radius 3 is 2.90 bits per heavy atom. The van der Waals surface area contributed by atoms with Gasteiger partial charge in [-0.15, -0.1) is 0 Å². The molecule has 6 nitrogen and oxygen atoms in total. The van der Waals surface area contributed by atoms with Crippen molar-refractivity contribution in [3.63, 3.8) is 0 Å². The molecule has 0 N–H and O–H groups in total. The van der Waals surface area contributed by atoms with Gasteiger partial charge in [-0.25, -0.2) is 9.67 Å². The second-order valence-electron chi connectivity index (χ2n) is 4.85. The van der Waals surface area contributed by atoms with Crippen molar-refractivity contribution in [1.82, 2.24) is 19.3 Å². The van der Waals surface area contributed by atoms with Crippen LogP contribution in [0.1, 0.15) is 11.1 Å². The summed E-state index contributed by atoms with van der Waals surface area (Å²) in [6, 6.07) is 7.85. The Hall–Kier alpha value is -2.94. The Labute approximate surface area is 120 Å². The highest BCUT2D eigenvalue weighted by Crippen LogP contribution is 2.19. The molecule has 0 atom stereocenters. The van der Waals surface area contributed by atoms with Crippen molar-refractivity contribution in [3.05, 3.63) is 52.2 Å². The van der Waals surface area contributed by atoms with Crippen LogP contribution in [-0.4, -0.2) is 19.3 Å². The summed E-state index contributed by atoms with van der Waals surface area (Å²) in [6.45, 7) is 4.02. The largest absolute Gasteiger partial charge is 0.285 e. The predicted octanol–water partition coefficient (Wildman–Crippen LogP) is 1.72. The number of hydrogen-bond acceptors (Lipinski definition) is 4. The molecule has 3 aromatic rings. The number of aromatic nitrogens is 4. The summed E-state index contributed by atoms with van der Waals surface area (Å²) in [6.07, 6.45) is 2.89. The van der Waals surface area contributed by atoms with Crippen molar-refractivity contribution in [2.45, 2.75) is 20.4 Å². The molecule has 104 valence electrons. The molecule has 0 aliphatic heterocycles. The lowest BCUT2D eigenvalue weighted by Gasteiger charge is -2.09. The van der Waals surface area contributed by atoms with Gasteiger partial charge in [-0.1, -0.05) is 12.1 Å². The Balaban J connectivity index is 2.27. The summed E-state index contributed by atoms with van der Waals surface area (Å²) in [5, 5.41) is 13.4. The van der Waals surface area contributed by atoms with Crippen LogP contribution in [0.4, 0.5) is 0 Å². The zero-order valence-electron chi connectivity index (χ0n) is 11.7. The summed E-state index contributed by atoms with van der Waals surface area (Å²) in [5.41, 5.74) is 3.38. The summed E-state index contributed by atoms with van der Waals surface area (Å²) in [4.78, 5) is 16.5. The van der Waals surface area contributed by atoms with E-state index in [1.807, 2.05) is 38.1 Å². The topological polar surface area (TPSA) is 76.5 Å². The lowest BCUT2D eigenvalue weighted by Crippen LogP contribution is -2.20. The lowest BCUT2D eigenvalue weighted by atomic mass is 10.1. The van der Waals surface area contributed by atoms with Crippen LogP contribution in [0.3, 0.4) is 0 Å². The van der Waals surface area contributed by atoms with E-state index in [-0.39, 0.29) is 12.1 Å². The number of rotatable bonds is 2. The lowest BCUT2D eigenvalue weighted by molar-refractivity contribution is 0.771. The smallest absolute Gasteiger partial charge is 0.265 e. The zero-order chi connectivity index (χ0) is 15.0. The van der Waals surface area contributed by atoms with Gasteiger partial charge in [0.2, 0.25) is 0 Å². The van der Waals surface area contributed by atoms with Gasteiger partial charge < -0.3 is 0 Å². The third kappa shape index (κ3) is 1.99. The number of hydrogen-bond donors (Lipinski definition) is 0. The Bertz CT molecular complexity index is 929. The number of nitrogens with zero attached hydrogens (tertiary/aromatic N) is 5. The number of nitriles is 1. The van der Waals surface area contributed by atoms with E-state index in [1.165, 1.54) is 17.1 Å². The van der Waals surface area contributed by atoms with E-state index in [9.17, 15) is 4.79 Å². The fraction of sp³-hybridized carbons (Fsp3) is 0.200. The molecule has 0 amide bonds. The van der Waals surface area contributed by atoms with E-state index < -0.39 is 0 Å². The van der Waals surface area contributed by atoms with Crippen LogP contribution in [0.5, 0.6) is 0 Å². The first-order chi connectivity index (χ1) is 10.1. The van der Waals surface area contributed by atoms with Crippen molar-refractivity contribution in [2.75, 3.05) is 0 Å². The van der Waals surface area contributed by atoms with Crippen LogP contribution < -0.4 is 5.56 Å². The van der Waals surface area contributed by atoms with Crippen LogP contribution in [0.25, 0.3) is 16.7 Å². The van der Waals surface area contributed by atoms with Crippen LogP contribution >= 0.6 is 0 Å². The van der Waals surface area contributed by atoms with Gasteiger partial charge in [-0.2, -0.15) is 10.4 Å². The van der Waals surface area contributed by atoms with Crippen molar-refractivity contribution in [3.8, 4) is 11.8 Å². The molecule has 0 saturated heterocycles. The molecule has 0 aliphatic rings. The summed E-state index contributed by atoms with van der Waals surface area (Å²) in [5.74, 6) is 0. The molecular formula is C15H13N5O. The van der Waals surface area contributed by atoms with Gasteiger partial charge in [-0.3, -0.25) is 9.36 Å². The minimum absolute atomic E-state index is 0.0174. The monoisotopic (exact) mass is 279 g/mol. The van der Waals surface area contributed by atoms with E-state index in [2.05, 4.69) is 10.1 Å². The van der Waals surface area contributed by atoms with E-state index in [0.717, 1.165) is 16.8 Å². The number of fused-ring (bicyclic) bond motifs is 1. The van der Waals surface area contributed by atoms with Gasteiger partial charge in [0.15, 0.2) is 5.65 Å². The first kappa shape index (κ1) is 13.1. The molecule has 0 aliphatic carbocycles. The number of benzene rings is 1. The highest BCUT2D eigenvalue weighted by atomic mass is 16.1.